The molecule has 4 rings (SSSR count). The molecular formula is C26H29N3O2S. The molecule has 0 fully saturated rings. The van der Waals surface area contributed by atoms with E-state index in [1.54, 1.807) is 0 Å². The number of hydrogen-bond acceptors (Lipinski definition) is 4. The lowest BCUT2D eigenvalue weighted by molar-refractivity contribution is 0.0957. The number of carbonyl (C=O) groups is 1. The zero-order valence-electron chi connectivity index (χ0n) is 18.4. The van der Waals surface area contributed by atoms with Crippen LogP contribution in [0.2, 0.25) is 0 Å². The molecule has 0 spiro atoms. The molecule has 0 unspecified atom stereocenters. The highest BCUT2D eigenvalue weighted by molar-refractivity contribution is 7.12. The lowest BCUT2D eigenvalue weighted by atomic mass is 10.2. The molecule has 0 aliphatic rings. The van der Waals surface area contributed by atoms with Gasteiger partial charge in [-0.3, -0.25) is 4.79 Å². The van der Waals surface area contributed by atoms with Crippen LogP contribution in [0.5, 0.6) is 5.75 Å². The first-order chi connectivity index (χ1) is 15.7. The van der Waals surface area contributed by atoms with E-state index in [0.29, 0.717) is 13.2 Å². The van der Waals surface area contributed by atoms with Crippen LogP contribution in [0, 0.1) is 6.92 Å². The van der Waals surface area contributed by atoms with Gasteiger partial charge in [-0.2, -0.15) is 0 Å². The van der Waals surface area contributed by atoms with Gasteiger partial charge in [-0.25, -0.2) is 4.98 Å². The molecule has 0 radical (unpaired) electrons. The van der Waals surface area contributed by atoms with Crippen LogP contribution >= 0.6 is 11.3 Å². The predicted molar refractivity (Wildman–Crippen MR) is 131 cm³/mol. The highest BCUT2D eigenvalue weighted by Crippen LogP contribution is 2.20. The molecule has 0 saturated heterocycles. The van der Waals surface area contributed by atoms with Crippen LogP contribution in [0.15, 0.2) is 66.0 Å². The zero-order valence-corrected chi connectivity index (χ0v) is 19.2. The predicted octanol–water partition coefficient (Wildman–Crippen LogP) is 5.63. The van der Waals surface area contributed by atoms with Gasteiger partial charge in [0, 0.05) is 13.0 Å². The summed E-state index contributed by atoms with van der Waals surface area (Å²) in [5, 5.41) is 4.92. The van der Waals surface area contributed by atoms with Crippen LogP contribution in [0.1, 0.15) is 40.3 Å². The molecule has 32 heavy (non-hydrogen) atoms. The van der Waals surface area contributed by atoms with Crippen LogP contribution in [0.25, 0.3) is 11.0 Å². The van der Waals surface area contributed by atoms with Gasteiger partial charge < -0.3 is 14.6 Å². The van der Waals surface area contributed by atoms with Crippen molar-refractivity contribution in [3.63, 3.8) is 0 Å². The molecule has 166 valence electrons. The molecule has 0 aliphatic heterocycles. The van der Waals surface area contributed by atoms with Gasteiger partial charge in [0.1, 0.15) is 18.2 Å². The quantitative estimate of drug-likeness (QED) is 0.303. The molecular weight excluding hydrogens is 418 g/mol. The average molecular weight is 448 g/mol. The first-order valence-electron chi connectivity index (χ1n) is 11.2. The Morgan fingerprint density at radius 1 is 1.03 bits per heavy atom. The Kier molecular flexibility index (Phi) is 7.56. The first kappa shape index (κ1) is 22.1. The van der Waals surface area contributed by atoms with Crippen molar-refractivity contribution in [2.75, 3.05) is 13.2 Å². The first-order valence-corrected chi connectivity index (χ1v) is 12.0. The van der Waals surface area contributed by atoms with Crippen LogP contribution < -0.4 is 10.1 Å². The minimum absolute atomic E-state index is 0.0236. The Morgan fingerprint density at radius 2 is 1.88 bits per heavy atom. The highest BCUT2D eigenvalue weighted by Gasteiger charge is 2.11. The fraction of sp³-hybridized carbons (Fsp3) is 0.308. The number of aryl methyl sites for hydroxylation is 2. The Morgan fingerprint density at radius 3 is 2.72 bits per heavy atom. The Hall–Kier alpha value is -3.12. The van der Waals surface area contributed by atoms with E-state index < -0.39 is 0 Å². The van der Waals surface area contributed by atoms with E-state index in [2.05, 4.69) is 41.1 Å². The number of rotatable bonds is 11. The maximum Gasteiger partial charge on any atom is 0.261 e. The third-order valence-corrected chi connectivity index (χ3v) is 6.38. The van der Waals surface area contributed by atoms with Crippen LogP contribution in [-0.2, 0) is 13.0 Å². The largest absolute Gasteiger partial charge is 0.491 e. The fourth-order valence-electron chi connectivity index (χ4n) is 3.81. The number of thiophene rings is 1. The number of imidazole rings is 1. The number of nitrogens with zero attached hydrogens (tertiary/aromatic N) is 2. The minimum Gasteiger partial charge on any atom is -0.491 e. The second kappa shape index (κ2) is 11.0. The smallest absolute Gasteiger partial charge is 0.261 e. The van der Waals surface area contributed by atoms with E-state index in [1.807, 2.05) is 41.8 Å². The summed E-state index contributed by atoms with van der Waals surface area (Å²) in [5.41, 5.74) is 3.33. The SMILES string of the molecule is Cc1ccccc1OCCn1c(CCCCCNC(=O)c2cccs2)nc2ccccc21. The van der Waals surface area contributed by atoms with Gasteiger partial charge in [-0.1, -0.05) is 42.8 Å². The number of para-hydroxylation sites is 3. The summed E-state index contributed by atoms with van der Waals surface area (Å²) in [4.78, 5) is 17.6. The van der Waals surface area contributed by atoms with Crippen molar-refractivity contribution in [1.29, 1.82) is 0 Å². The summed E-state index contributed by atoms with van der Waals surface area (Å²) < 4.78 is 8.32. The lowest BCUT2D eigenvalue weighted by Gasteiger charge is -2.12. The summed E-state index contributed by atoms with van der Waals surface area (Å²) in [5.74, 6) is 2.06. The van der Waals surface area contributed by atoms with Crippen LogP contribution in [-0.4, -0.2) is 28.6 Å². The van der Waals surface area contributed by atoms with E-state index in [9.17, 15) is 4.79 Å². The van der Waals surface area contributed by atoms with E-state index in [-0.39, 0.29) is 5.91 Å². The Labute approximate surface area is 193 Å². The van der Waals surface area contributed by atoms with Gasteiger partial charge in [-0.05, 0) is 55.0 Å². The molecule has 4 aromatic rings. The zero-order chi connectivity index (χ0) is 22.2. The molecule has 0 atom stereocenters. The topological polar surface area (TPSA) is 56.1 Å². The van der Waals surface area contributed by atoms with Crippen molar-refractivity contribution in [3.8, 4) is 5.75 Å². The highest BCUT2D eigenvalue weighted by atomic mass is 32.1. The van der Waals surface area contributed by atoms with Crippen molar-refractivity contribution in [2.24, 2.45) is 0 Å². The third-order valence-electron chi connectivity index (χ3n) is 5.51. The number of amides is 1. The molecule has 1 amide bonds. The number of aromatic nitrogens is 2. The number of nitrogens with one attached hydrogen (secondary N) is 1. The normalized spacial score (nSPS) is 11.0. The molecule has 1 N–H and O–H groups in total. The molecule has 2 aromatic carbocycles. The number of unbranched alkanes of at least 4 members (excludes halogenated alkanes) is 2. The lowest BCUT2D eigenvalue weighted by Crippen LogP contribution is -2.23. The number of carbonyl (C=O) groups excluding carboxylic acids is 1. The molecule has 6 heteroatoms. The van der Waals surface area contributed by atoms with Crippen molar-refractivity contribution in [2.45, 2.75) is 39.2 Å². The van der Waals surface area contributed by atoms with Crippen molar-refractivity contribution in [1.82, 2.24) is 14.9 Å². The van der Waals surface area contributed by atoms with Gasteiger partial charge in [-0.15, -0.1) is 11.3 Å². The van der Waals surface area contributed by atoms with E-state index in [0.717, 1.165) is 65.3 Å². The molecule has 0 aliphatic carbocycles. The van der Waals surface area contributed by atoms with Gasteiger partial charge in [0.05, 0.1) is 22.5 Å². The molecule has 2 aromatic heterocycles. The number of benzene rings is 2. The average Bonchev–Trinajstić information content (AvgIpc) is 3.46. The van der Waals surface area contributed by atoms with Gasteiger partial charge in [0.2, 0.25) is 0 Å². The van der Waals surface area contributed by atoms with Crippen LogP contribution in [0.3, 0.4) is 0 Å². The molecule has 5 nitrogen and oxygen atoms in total. The summed E-state index contributed by atoms with van der Waals surface area (Å²) in [7, 11) is 0. The fourth-order valence-corrected chi connectivity index (χ4v) is 4.45. The van der Waals surface area contributed by atoms with E-state index in [1.165, 1.54) is 11.3 Å². The van der Waals surface area contributed by atoms with Gasteiger partial charge in [0.15, 0.2) is 0 Å². The van der Waals surface area contributed by atoms with Crippen LogP contribution in [0.4, 0.5) is 0 Å². The van der Waals surface area contributed by atoms with E-state index >= 15 is 0 Å². The molecule has 2 heterocycles. The van der Waals surface area contributed by atoms with Crippen molar-refractivity contribution in [3.05, 3.63) is 82.3 Å². The number of fused-ring (bicyclic) bond motifs is 1. The van der Waals surface area contributed by atoms with Gasteiger partial charge >= 0.3 is 0 Å². The number of hydrogen-bond donors (Lipinski definition) is 1. The minimum atomic E-state index is 0.0236. The maximum absolute atomic E-state index is 12.0. The molecule has 0 saturated carbocycles. The summed E-state index contributed by atoms with van der Waals surface area (Å²) in [6.07, 6.45) is 3.97. The van der Waals surface area contributed by atoms with Crippen molar-refractivity contribution < 1.29 is 9.53 Å². The Bertz CT molecular complexity index is 1150. The van der Waals surface area contributed by atoms with E-state index in [4.69, 9.17) is 9.72 Å². The summed E-state index contributed by atoms with van der Waals surface area (Å²) in [6, 6.07) is 20.1. The number of ether oxygens (including phenoxy) is 1. The second-order valence-electron chi connectivity index (χ2n) is 7.83. The third kappa shape index (κ3) is 5.56. The van der Waals surface area contributed by atoms with Gasteiger partial charge in [0.25, 0.3) is 5.91 Å². The summed E-state index contributed by atoms with van der Waals surface area (Å²) in [6.45, 7) is 4.14. The second-order valence-corrected chi connectivity index (χ2v) is 8.77. The summed E-state index contributed by atoms with van der Waals surface area (Å²) >= 11 is 1.47. The van der Waals surface area contributed by atoms with Crippen molar-refractivity contribution >= 4 is 28.3 Å². The standard InChI is InChI=1S/C26H29N3O2S/c1-20-10-4-7-13-23(20)31-18-17-29-22-12-6-5-11-21(22)28-25(29)15-3-2-8-16-27-26(30)24-14-9-19-32-24/h4-7,9-14,19H,2-3,8,15-18H2,1H3,(H,27,30). The Balaban J connectivity index is 1.29. The maximum atomic E-state index is 12.0. The molecule has 0 bridgehead atoms. The monoisotopic (exact) mass is 447 g/mol.